The van der Waals surface area contributed by atoms with E-state index in [-0.39, 0.29) is 5.41 Å². The average Bonchev–Trinajstić information content (AvgIpc) is 3.21. The molecule has 2 saturated carbocycles. The van der Waals surface area contributed by atoms with Crippen LogP contribution in [-0.2, 0) is 5.41 Å². The third-order valence-corrected chi connectivity index (χ3v) is 14.1. The van der Waals surface area contributed by atoms with E-state index in [1.165, 1.54) is 168 Å². The quantitative estimate of drug-likeness (QED) is 0.0692. The number of anilines is 2. The van der Waals surface area contributed by atoms with E-state index in [2.05, 4.69) is 58.9 Å². The minimum absolute atomic E-state index is 0.0706. The smallest absolute Gasteiger partial charge is 0.133 e. The number of nitrogens with two attached hydrogens (primary N) is 2. The second-order valence-corrected chi connectivity index (χ2v) is 18.6. The zero-order valence-corrected chi connectivity index (χ0v) is 37.0. The Morgan fingerprint density at radius 3 is 1.31 bits per heavy atom. The molecule has 0 aliphatic heterocycles. The van der Waals surface area contributed by atoms with Crippen LogP contribution in [0.1, 0.15) is 175 Å². The Labute approximate surface area is 352 Å². The van der Waals surface area contributed by atoms with Crippen LogP contribution in [0.4, 0.5) is 11.4 Å². The van der Waals surface area contributed by atoms with Crippen molar-refractivity contribution < 1.29 is 9.47 Å². The third kappa shape index (κ3) is 11.6. The molecule has 4 aromatic carbocycles. The lowest BCUT2D eigenvalue weighted by atomic mass is 9.59. The monoisotopic (exact) mass is 785 g/mol. The molecule has 0 saturated heterocycles. The fraction of sp³-hybridized carbons (Fsp3) is 0.556. The van der Waals surface area contributed by atoms with Gasteiger partial charge < -0.3 is 20.9 Å². The van der Waals surface area contributed by atoms with E-state index in [0.29, 0.717) is 11.4 Å². The van der Waals surface area contributed by atoms with Crippen LogP contribution in [0.15, 0.2) is 72.8 Å². The fourth-order valence-electron chi connectivity index (χ4n) is 10.7. The van der Waals surface area contributed by atoms with Gasteiger partial charge in [0.1, 0.15) is 23.0 Å². The maximum absolute atomic E-state index is 6.49. The van der Waals surface area contributed by atoms with Crippen LogP contribution in [0.25, 0.3) is 0 Å². The number of ether oxygens (including phenoxy) is 2. The van der Waals surface area contributed by atoms with Gasteiger partial charge in [-0.3, -0.25) is 0 Å². The number of hydrogen-bond acceptors (Lipinski definition) is 4. The normalized spacial score (nSPS) is 18.3. The van der Waals surface area contributed by atoms with Crippen LogP contribution >= 0.6 is 0 Å². The largest absolute Gasteiger partial charge is 0.457 e. The van der Waals surface area contributed by atoms with Crippen molar-refractivity contribution >= 4 is 11.4 Å². The molecule has 0 radical (unpaired) electrons. The zero-order chi connectivity index (χ0) is 40.9. The summed E-state index contributed by atoms with van der Waals surface area (Å²) < 4.78 is 13.0. The van der Waals surface area contributed by atoms with Crippen LogP contribution in [0.2, 0.25) is 0 Å². The first-order valence-corrected chi connectivity index (χ1v) is 23.5. The summed E-state index contributed by atoms with van der Waals surface area (Å²) in [7, 11) is 0. The summed E-state index contributed by atoms with van der Waals surface area (Å²) in [6.07, 6.45) is 29.4. The lowest BCUT2D eigenvalue weighted by molar-refractivity contribution is 0.140. The molecule has 0 heterocycles. The van der Waals surface area contributed by atoms with Gasteiger partial charge in [-0.05, 0) is 142 Å². The van der Waals surface area contributed by atoms with Crippen molar-refractivity contribution in [2.75, 3.05) is 11.5 Å². The van der Waals surface area contributed by atoms with Gasteiger partial charge in [0, 0.05) is 28.9 Å². The Bertz CT molecular complexity index is 1730. The van der Waals surface area contributed by atoms with Gasteiger partial charge >= 0.3 is 0 Å². The first-order valence-electron chi connectivity index (χ1n) is 23.5. The van der Waals surface area contributed by atoms with Crippen molar-refractivity contribution in [3.8, 4) is 23.0 Å². The highest BCUT2D eigenvalue weighted by atomic mass is 16.5. The van der Waals surface area contributed by atoms with Gasteiger partial charge in [-0.25, -0.2) is 0 Å². The van der Waals surface area contributed by atoms with E-state index in [4.69, 9.17) is 20.9 Å². The second-order valence-electron chi connectivity index (χ2n) is 18.6. The molecule has 314 valence electrons. The minimum atomic E-state index is -0.0706. The Morgan fingerprint density at radius 1 is 0.500 bits per heavy atom. The molecule has 4 heteroatoms. The van der Waals surface area contributed by atoms with Crippen molar-refractivity contribution in [1.29, 1.82) is 0 Å². The van der Waals surface area contributed by atoms with Crippen LogP contribution in [0.3, 0.4) is 0 Å². The summed E-state index contributed by atoms with van der Waals surface area (Å²) in [6, 6.07) is 25.1. The van der Waals surface area contributed by atoms with Crippen molar-refractivity contribution in [3.05, 3.63) is 106 Å². The fourth-order valence-corrected chi connectivity index (χ4v) is 10.7. The molecule has 0 aromatic heterocycles. The van der Waals surface area contributed by atoms with Gasteiger partial charge in [-0.2, -0.15) is 0 Å². The van der Waals surface area contributed by atoms with Gasteiger partial charge in [0.15, 0.2) is 0 Å². The molecule has 0 bridgehead atoms. The molecular formula is C54H76N2O2. The van der Waals surface area contributed by atoms with E-state index in [1.807, 2.05) is 48.5 Å². The summed E-state index contributed by atoms with van der Waals surface area (Å²) in [5.41, 5.74) is 21.1. The predicted molar refractivity (Wildman–Crippen MR) is 248 cm³/mol. The molecular weight excluding hydrogens is 709 g/mol. The van der Waals surface area contributed by atoms with Crippen LogP contribution in [0.5, 0.6) is 23.0 Å². The summed E-state index contributed by atoms with van der Waals surface area (Å²) in [5.74, 6) is 6.07. The third-order valence-electron chi connectivity index (χ3n) is 14.1. The van der Waals surface area contributed by atoms with Gasteiger partial charge in [-0.1, -0.05) is 140 Å². The maximum Gasteiger partial charge on any atom is 0.133 e. The lowest BCUT2D eigenvalue weighted by Gasteiger charge is -2.45. The molecule has 2 aliphatic rings. The molecule has 0 amide bonds. The van der Waals surface area contributed by atoms with E-state index in [9.17, 15) is 0 Å². The molecule has 2 aliphatic carbocycles. The second kappa shape index (κ2) is 21.4. The van der Waals surface area contributed by atoms with Crippen molar-refractivity contribution in [3.63, 3.8) is 0 Å². The Balaban J connectivity index is 1.09. The van der Waals surface area contributed by atoms with E-state index in [1.54, 1.807) is 0 Å². The predicted octanol–water partition coefficient (Wildman–Crippen LogP) is 16.0. The van der Waals surface area contributed by atoms with Crippen LogP contribution in [0, 0.1) is 45.4 Å². The van der Waals surface area contributed by atoms with Crippen LogP contribution in [-0.4, -0.2) is 0 Å². The topological polar surface area (TPSA) is 70.5 Å². The van der Waals surface area contributed by atoms with Gasteiger partial charge in [0.25, 0.3) is 0 Å². The summed E-state index contributed by atoms with van der Waals surface area (Å²) in [4.78, 5) is 0. The Kier molecular flexibility index (Phi) is 16.1. The molecule has 4 aromatic rings. The molecule has 0 atom stereocenters. The van der Waals surface area contributed by atoms with Crippen LogP contribution < -0.4 is 20.9 Å². The molecule has 0 unspecified atom stereocenters. The van der Waals surface area contributed by atoms with E-state index >= 15 is 0 Å². The van der Waals surface area contributed by atoms with Crippen molar-refractivity contribution in [2.45, 2.75) is 175 Å². The maximum atomic E-state index is 6.49. The van der Waals surface area contributed by atoms with Gasteiger partial charge in [0.2, 0.25) is 0 Å². The summed E-state index contributed by atoms with van der Waals surface area (Å²) in [6.45, 7) is 11.1. The number of nitrogen functional groups attached to an aromatic ring is 2. The molecule has 4 nitrogen and oxygen atoms in total. The highest BCUT2D eigenvalue weighted by Gasteiger charge is 2.42. The minimum Gasteiger partial charge on any atom is -0.457 e. The number of aryl methyl sites for hydroxylation is 4. The number of unbranched alkanes of at least 4 members (excludes halogenated alkanes) is 11. The zero-order valence-electron chi connectivity index (χ0n) is 37.0. The lowest BCUT2D eigenvalue weighted by Crippen LogP contribution is -2.36. The standard InChI is InChI=1S/C54H76N2O2/c1-6-7-8-9-10-11-12-13-14-15-16-17-20-43-25-27-44(28-26-43)45-29-31-54(32-30-45,46-33-39(2)52(40(3)34-46)57-50-23-18-21-48(55)37-50)47-35-41(4)53(42(5)36-47)58-51-24-19-22-49(56)38-51/h18-19,21-24,33-38,43-45H,6-17,20,25-32,55-56H2,1-5H3/t43-,44-. The Hall–Kier alpha value is -3.92. The van der Waals surface area contributed by atoms with Gasteiger partial charge in [0.05, 0.1) is 0 Å². The van der Waals surface area contributed by atoms with E-state index < -0.39 is 0 Å². The average molecular weight is 785 g/mol. The van der Waals surface area contributed by atoms with Gasteiger partial charge in [-0.15, -0.1) is 0 Å². The van der Waals surface area contributed by atoms with E-state index in [0.717, 1.165) is 40.8 Å². The number of rotatable bonds is 20. The number of hydrogen-bond donors (Lipinski definition) is 2. The molecule has 0 spiro atoms. The molecule has 4 N–H and O–H groups in total. The Morgan fingerprint density at radius 2 is 0.897 bits per heavy atom. The first-order chi connectivity index (χ1) is 28.1. The summed E-state index contributed by atoms with van der Waals surface area (Å²) >= 11 is 0. The highest BCUT2D eigenvalue weighted by Crippen LogP contribution is 2.52. The number of benzene rings is 4. The van der Waals surface area contributed by atoms with Crippen molar-refractivity contribution in [2.24, 2.45) is 17.8 Å². The van der Waals surface area contributed by atoms with Crippen molar-refractivity contribution in [1.82, 2.24) is 0 Å². The SMILES string of the molecule is CCCCCCCCCCCCCC[C@H]1CC[C@H](C2CCC(c3cc(C)c(Oc4cccc(N)c4)c(C)c3)(c3cc(C)c(Oc4cccc(N)c4)c(C)c3)CC2)CC1. The first kappa shape index (κ1) is 43.7. The molecule has 58 heavy (non-hydrogen) atoms. The summed E-state index contributed by atoms with van der Waals surface area (Å²) in [5, 5.41) is 0. The molecule has 2 fully saturated rings. The highest BCUT2D eigenvalue weighted by molar-refractivity contribution is 5.55. The molecule has 6 rings (SSSR count).